The van der Waals surface area contributed by atoms with Crippen LogP contribution >= 0.6 is 12.2 Å². The molecule has 2 aromatic heterocycles. The van der Waals surface area contributed by atoms with E-state index in [1.54, 1.807) is 17.7 Å². The Balaban J connectivity index is 2.44. The first-order valence-corrected chi connectivity index (χ1v) is 6.42. The van der Waals surface area contributed by atoms with Crippen molar-refractivity contribution in [3.05, 3.63) is 29.2 Å². The highest BCUT2D eigenvalue weighted by Crippen LogP contribution is 2.18. The first kappa shape index (κ1) is 13.4. The summed E-state index contributed by atoms with van der Waals surface area (Å²) < 4.78 is 2.07. The second-order valence-corrected chi connectivity index (χ2v) is 4.39. The second kappa shape index (κ2) is 5.75. The van der Waals surface area contributed by atoms with E-state index in [0.29, 0.717) is 22.8 Å². The van der Waals surface area contributed by atoms with E-state index < -0.39 is 6.04 Å². The molecule has 1 amide bonds. The molecule has 0 fully saturated rings. The van der Waals surface area contributed by atoms with Gasteiger partial charge in [-0.2, -0.15) is 5.10 Å². The van der Waals surface area contributed by atoms with Crippen LogP contribution in [0.4, 0.5) is 0 Å². The molecule has 0 aliphatic heterocycles. The van der Waals surface area contributed by atoms with E-state index in [-0.39, 0.29) is 5.91 Å². The zero-order chi connectivity index (χ0) is 13.8. The monoisotopic (exact) mass is 277 g/mol. The maximum Gasteiger partial charge on any atom is 0.242 e. The summed E-state index contributed by atoms with van der Waals surface area (Å²) >= 11 is 5.19. The van der Waals surface area contributed by atoms with Crippen LogP contribution < -0.4 is 5.32 Å². The zero-order valence-corrected chi connectivity index (χ0v) is 11.6. The molecule has 0 radical (unpaired) electrons. The standard InChI is InChI=1S/C12H15N5OS/c1-3-13-11(18)8(2)17-10(15-16-12(17)19)9-6-4-5-7-14-9/h4-8H,3H2,1-2H3,(H,13,18)(H,16,19). The Morgan fingerprint density at radius 1 is 1.58 bits per heavy atom. The minimum Gasteiger partial charge on any atom is -0.355 e. The Labute approximate surface area is 115 Å². The fraction of sp³-hybridized carbons (Fsp3) is 0.333. The van der Waals surface area contributed by atoms with Crippen molar-refractivity contribution >= 4 is 18.1 Å². The summed E-state index contributed by atoms with van der Waals surface area (Å²) in [5, 5.41) is 9.63. The van der Waals surface area contributed by atoms with Crippen molar-refractivity contribution in [1.82, 2.24) is 25.1 Å². The molecule has 0 saturated heterocycles. The van der Waals surface area contributed by atoms with Gasteiger partial charge in [-0.1, -0.05) is 6.07 Å². The van der Waals surface area contributed by atoms with E-state index in [1.165, 1.54) is 0 Å². The van der Waals surface area contributed by atoms with Gasteiger partial charge in [-0.15, -0.1) is 0 Å². The maximum absolute atomic E-state index is 11.9. The molecule has 0 aromatic carbocycles. The van der Waals surface area contributed by atoms with Crippen molar-refractivity contribution in [2.75, 3.05) is 6.54 Å². The van der Waals surface area contributed by atoms with Crippen LogP contribution in [0.15, 0.2) is 24.4 Å². The van der Waals surface area contributed by atoms with Crippen LogP contribution in [0.2, 0.25) is 0 Å². The second-order valence-electron chi connectivity index (χ2n) is 4.01. The predicted molar refractivity (Wildman–Crippen MR) is 74.0 cm³/mol. The van der Waals surface area contributed by atoms with Gasteiger partial charge in [0.2, 0.25) is 5.91 Å². The van der Waals surface area contributed by atoms with Crippen LogP contribution in [0.25, 0.3) is 11.5 Å². The molecule has 2 rings (SSSR count). The molecule has 6 nitrogen and oxygen atoms in total. The molecule has 0 saturated carbocycles. The number of amides is 1. The first-order valence-electron chi connectivity index (χ1n) is 6.01. The average molecular weight is 277 g/mol. The third kappa shape index (κ3) is 2.70. The van der Waals surface area contributed by atoms with E-state index in [1.807, 2.05) is 25.1 Å². The summed E-state index contributed by atoms with van der Waals surface area (Å²) in [6.45, 7) is 4.23. The third-order valence-electron chi connectivity index (χ3n) is 2.72. The molecule has 2 aromatic rings. The van der Waals surface area contributed by atoms with Gasteiger partial charge in [0, 0.05) is 12.7 Å². The van der Waals surface area contributed by atoms with Crippen LogP contribution in [0, 0.1) is 4.77 Å². The van der Waals surface area contributed by atoms with Gasteiger partial charge in [0.1, 0.15) is 11.7 Å². The number of H-pyrrole nitrogens is 1. The maximum atomic E-state index is 11.9. The molecule has 1 atom stereocenters. The Bertz CT molecular complexity index is 619. The lowest BCUT2D eigenvalue weighted by atomic mass is 10.2. The molecular weight excluding hydrogens is 262 g/mol. The van der Waals surface area contributed by atoms with Gasteiger partial charge in [0.05, 0.1) is 0 Å². The molecule has 0 bridgehead atoms. The Hall–Kier alpha value is -2.02. The molecule has 2 N–H and O–H groups in total. The van der Waals surface area contributed by atoms with Gasteiger partial charge in [-0.3, -0.25) is 19.4 Å². The van der Waals surface area contributed by atoms with Crippen molar-refractivity contribution in [1.29, 1.82) is 0 Å². The summed E-state index contributed by atoms with van der Waals surface area (Å²) in [5.74, 6) is 0.460. The van der Waals surface area contributed by atoms with Crippen molar-refractivity contribution in [2.45, 2.75) is 19.9 Å². The minimum atomic E-state index is -0.441. The number of rotatable bonds is 4. The molecule has 7 heteroatoms. The Kier molecular flexibility index (Phi) is 4.06. The summed E-state index contributed by atoms with van der Waals surface area (Å²) in [6, 6.07) is 5.07. The SMILES string of the molecule is CCNC(=O)C(C)n1c(-c2ccccn2)n[nH]c1=S. The normalized spacial score (nSPS) is 12.1. The lowest BCUT2D eigenvalue weighted by molar-refractivity contribution is -0.123. The Morgan fingerprint density at radius 3 is 3.00 bits per heavy atom. The molecule has 2 heterocycles. The highest BCUT2D eigenvalue weighted by atomic mass is 32.1. The third-order valence-corrected chi connectivity index (χ3v) is 3.00. The highest BCUT2D eigenvalue weighted by molar-refractivity contribution is 7.71. The number of carbonyl (C=O) groups excluding carboxylic acids is 1. The fourth-order valence-corrected chi connectivity index (χ4v) is 2.07. The molecular formula is C12H15N5OS. The van der Waals surface area contributed by atoms with Crippen LogP contribution in [-0.4, -0.2) is 32.2 Å². The van der Waals surface area contributed by atoms with Gasteiger partial charge >= 0.3 is 0 Å². The van der Waals surface area contributed by atoms with E-state index in [2.05, 4.69) is 20.5 Å². The van der Waals surface area contributed by atoms with Gasteiger partial charge < -0.3 is 5.32 Å². The van der Waals surface area contributed by atoms with E-state index >= 15 is 0 Å². The summed E-state index contributed by atoms with van der Waals surface area (Å²) in [4.78, 5) is 16.2. The molecule has 0 aliphatic carbocycles. The van der Waals surface area contributed by atoms with Crippen molar-refractivity contribution in [3.8, 4) is 11.5 Å². The van der Waals surface area contributed by atoms with Gasteiger partial charge in [0.25, 0.3) is 0 Å². The molecule has 19 heavy (non-hydrogen) atoms. The molecule has 1 unspecified atom stereocenters. The van der Waals surface area contributed by atoms with Crippen LogP contribution in [0.3, 0.4) is 0 Å². The lowest BCUT2D eigenvalue weighted by Gasteiger charge is -2.14. The Morgan fingerprint density at radius 2 is 2.37 bits per heavy atom. The van der Waals surface area contributed by atoms with Crippen LogP contribution in [0.1, 0.15) is 19.9 Å². The predicted octanol–water partition coefficient (Wildman–Crippen LogP) is 1.70. The van der Waals surface area contributed by atoms with Crippen molar-refractivity contribution < 1.29 is 4.79 Å². The number of hydrogen-bond donors (Lipinski definition) is 2. The van der Waals surface area contributed by atoms with Gasteiger partial charge in [-0.25, -0.2) is 0 Å². The number of pyridine rings is 1. The summed E-state index contributed by atoms with van der Waals surface area (Å²) in [6.07, 6.45) is 1.67. The van der Waals surface area contributed by atoms with Gasteiger partial charge in [0.15, 0.2) is 10.6 Å². The number of carbonyl (C=O) groups is 1. The topological polar surface area (TPSA) is 75.6 Å². The number of nitrogens with one attached hydrogen (secondary N) is 2. The van der Waals surface area contributed by atoms with E-state index in [4.69, 9.17) is 12.2 Å². The number of hydrogen-bond acceptors (Lipinski definition) is 4. The largest absolute Gasteiger partial charge is 0.355 e. The first-order chi connectivity index (χ1) is 9.15. The number of likely N-dealkylation sites (N-methyl/N-ethyl adjacent to an activating group) is 1. The number of aromatic nitrogens is 4. The fourth-order valence-electron chi connectivity index (χ4n) is 1.78. The lowest BCUT2D eigenvalue weighted by Crippen LogP contribution is -2.31. The number of aromatic amines is 1. The van der Waals surface area contributed by atoms with Crippen molar-refractivity contribution in [2.24, 2.45) is 0 Å². The van der Waals surface area contributed by atoms with Crippen LogP contribution in [0.5, 0.6) is 0 Å². The summed E-state index contributed by atoms with van der Waals surface area (Å²) in [7, 11) is 0. The van der Waals surface area contributed by atoms with E-state index in [9.17, 15) is 4.79 Å². The minimum absolute atomic E-state index is 0.0998. The quantitative estimate of drug-likeness (QED) is 0.834. The van der Waals surface area contributed by atoms with E-state index in [0.717, 1.165) is 0 Å². The zero-order valence-electron chi connectivity index (χ0n) is 10.8. The molecule has 0 spiro atoms. The number of nitrogens with zero attached hydrogens (tertiary/aromatic N) is 3. The van der Waals surface area contributed by atoms with Crippen LogP contribution in [-0.2, 0) is 4.79 Å². The molecule has 0 aliphatic rings. The summed E-state index contributed by atoms with van der Waals surface area (Å²) in [5.41, 5.74) is 0.672. The molecule has 100 valence electrons. The highest BCUT2D eigenvalue weighted by Gasteiger charge is 2.20. The van der Waals surface area contributed by atoms with Gasteiger partial charge in [-0.05, 0) is 38.2 Å². The average Bonchev–Trinajstić information content (AvgIpc) is 2.81. The van der Waals surface area contributed by atoms with Crippen molar-refractivity contribution in [3.63, 3.8) is 0 Å². The smallest absolute Gasteiger partial charge is 0.242 e.